The van der Waals surface area contributed by atoms with Crippen LogP contribution in [-0.2, 0) is 26.5 Å². The summed E-state index contributed by atoms with van der Waals surface area (Å²) in [5.74, 6) is 2.75. The van der Waals surface area contributed by atoms with Gasteiger partial charge in [0, 0.05) is 70.0 Å². The van der Waals surface area contributed by atoms with Gasteiger partial charge in [0.05, 0.1) is 11.2 Å². The number of hydrogen-bond donors (Lipinski definition) is 0. The maximum absolute atomic E-state index is 6.68. The van der Waals surface area contributed by atoms with E-state index in [1.807, 2.05) is 53.9 Å². The molecule has 1 aliphatic rings. The van der Waals surface area contributed by atoms with Crippen LogP contribution in [0.25, 0.3) is 58.8 Å². The van der Waals surface area contributed by atoms with Gasteiger partial charge in [-0.05, 0) is 84.7 Å². The van der Waals surface area contributed by atoms with Crippen molar-refractivity contribution >= 4 is 87.2 Å². The van der Waals surface area contributed by atoms with E-state index in [1.165, 1.54) is 42.4 Å². The third-order valence-corrected chi connectivity index (χ3v) is 12.5. The molecule has 0 unspecified atom stereocenters. The van der Waals surface area contributed by atoms with E-state index in [2.05, 4.69) is 154 Å². The van der Waals surface area contributed by atoms with Crippen LogP contribution < -0.4 is 14.5 Å². The summed E-state index contributed by atoms with van der Waals surface area (Å²) in [6, 6.07) is 47.6. The van der Waals surface area contributed by atoms with Gasteiger partial charge in [-0.25, -0.2) is 4.98 Å². The average molecular weight is 967 g/mol. The maximum atomic E-state index is 6.68. The molecule has 10 aromatic rings. The van der Waals surface area contributed by atoms with Crippen molar-refractivity contribution in [1.29, 1.82) is 0 Å². The molecule has 0 bridgehead atoms. The number of hydrogen-bond acceptors (Lipinski definition) is 6. The molecular weight excluding hydrogens is 928 g/mol. The van der Waals surface area contributed by atoms with Crippen molar-refractivity contribution in [1.82, 2.24) is 9.55 Å². The van der Waals surface area contributed by atoms with Gasteiger partial charge in [0.25, 0.3) is 0 Å². The summed E-state index contributed by atoms with van der Waals surface area (Å²) in [6.45, 7) is 15.3. The van der Waals surface area contributed by atoms with Crippen LogP contribution in [-0.4, -0.2) is 9.55 Å². The van der Waals surface area contributed by atoms with Crippen molar-refractivity contribution in [2.24, 2.45) is 0 Å². The van der Waals surface area contributed by atoms with Gasteiger partial charge < -0.3 is 23.5 Å². The number of rotatable bonds is 5. The van der Waals surface area contributed by atoms with Gasteiger partial charge in [0.15, 0.2) is 5.88 Å². The molecule has 0 aliphatic carbocycles. The van der Waals surface area contributed by atoms with Crippen LogP contribution in [0.5, 0.6) is 11.5 Å². The molecule has 8 heteroatoms. The van der Waals surface area contributed by atoms with Gasteiger partial charge in [-0.1, -0.05) is 86.1 Å². The van der Waals surface area contributed by atoms with Crippen LogP contribution in [0.15, 0.2) is 126 Å². The second-order valence-electron chi connectivity index (χ2n) is 16.4. The quantitative estimate of drug-likeness (QED) is 0.161. The number of anilines is 4. The minimum Gasteiger partial charge on any atom is -0.509 e. The fourth-order valence-corrected chi connectivity index (χ4v) is 9.91. The molecular formula is C51H39N4O2PtS-3. The molecule has 6 nitrogen and oxygen atoms in total. The Bertz CT molecular complexity index is 3270. The third kappa shape index (κ3) is 5.97. The second kappa shape index (κ2) is 13.9. The molecule has 0 N–H and O–H groups in total. The van der Waals surface area contributed by atoms with Crippen molar-refractivity contribution < 1.29 is 30.2 Å². The molecule has 0 saturated carbocycles. The van der Waals surface area contributed by atoms with E-state index in [-0.39, 0.29) is 26.5 Å². The Morgan fingerprint density at radius 1 is 0.695 bits per heavy atom. The van der Waals surface area contributed by atoms with E-state index >= 15 is 0 Å². The van der Waals surface area contributed by atoms with E-state index < -0.39 is 0 Å². The number of benzene rings is 6. The zero-order valence-corrected chi connectivity index (χ0v) is 36.5. The van der Waals surface area contributed by atoms with Crippen molar-refractivity contribution in [2.45, 2.75) is 47.0 Å². The van der Waals surface area contributed by atoms with E-state index in [9.17, 15) is 0 Å². The summed E-state index contributed by atoms with van der Waals surface area (Å²) in [4.78, 5) is 9.31. The van der Waals surface area contributed by atoms with Gasteiger partial charge in [-0.2, -0.15) is 12.1 Å². The van der Waals surface area contributed by atoms with Crippen molar-refractivity contribution in [3.63, 3.8) is 0 Å². The number of pyridine rings is 1. The van der Waals surface area contributed by atoms with Crippen molar-refractivity contribution in [3.8, 4) is 17.3 Å². The van der Waals surface area contributed by atoms with Crippen LogP contribution in [0.2, 0.25) is 0 Å². The molecule has 0 radical (unpaired) electrons. The Morgan fingerprint density at radius 3 is 2.25 bits per heavy atom. The van der Waals surface area contributed by atoms with Crippen LogP contribution in [0.4, 0.5) is 22.9 Å². The number of ether oxygens (including phenoxy) is 1. The SMILES string of the molecule is Cc1cc(C)c(N2[CH-]N(c3[c-]c(Oc4[c-]c5c(cc4)c4ccc6sc7ccccc7c6c4n5-c4cc(C(C)(C)C)ccn4)ccc3)c3oc4ccccc4c32)c(C)c1.[Pt]. The Hall–Kier alpha value is -5.88. The Labute approximate surface area is 361 Å². The van der Waals surface area contributed by atoms with Gasteiger partial charge in [-0.15, -0.1) is 53.7 Å². The van der Waals surface area contributed by atoms with Crippen molar-refractivity contribution in [2.75, 3.05) is 9.80 Å². The summed E-state index contributed by atoms with van der Waals surface area (Å²) < 4.78 is 18.0. The van der Waals surface area contributed by atoms with Crippen LogP contribution in [0, 0.1) is 39.6 Å². The number of thiophene rings is 1. The number of aryl methyl sites for hydroxylation is 3. The number of furan rings is 1. The maximum Gasteiger partial charge on any atom is 0.193 e. The van der Waals surface area contributed by atoms with Crippen molar-refractivity contribution in [3.05, 3.63) is 163 Å². The predicted molar refractivity (Wildman–Crippen MR) is 240 cm³/mol. The largest absolute Gasteiger partial charge is 0.509 e. The normalized spacial score (nSPS) is 13.0. The minimum absolute atomic E-state index is 0. The number of fused-ring (bicyclic) bond motifs is 10. The van der Waals surface area contributed by atoms with Crippen LogP contribution >= 0.6 is 11.3 Å². The molecule has 5 heterocycles. The zero-order valence-electron chi connectivity index (χ0n) is 33.5. The Balaban J connectivity index is 0.00000420. The first kappa shape index (κ1) is 37.4. The molecule has 0 saturated heterocycles. The molecule has 0 fully saturated rings. The molecule has 0 spiro atoms. The van der Waals surface area contributed by atoms with Gasteiger partial charge in [0.2, 0.25) is 0 Å². The van der Waals surface area contributed by atoms with Gasteiger partial charge in [0.1, 0.15) is 11.4 Å². The summed E-state index contributed by atoms with van der Waals surface area (Å²) in [7, 11) is 0. The summed E-state index contributed by atoms with van der Waals surface area (Å²) in [5.41, 5.74) is 10.6. The van der Waals surface area contributed by atoms with E-state index in [4.69, 9.17) is 14.1 Å². The summed E-state index contributed by atoms with van der Waals surface area (Å²) in [5, 5.41) is 5.76. The molecule has 1 aliphatic heterocycles. The number of aromatic nitrogens is 2. The first-order valence-electron chi connectivity index (χ1n) is 19.6. The van der Waals surface area contributed by atoms with E-state index in [0.29, 0.717) is 11.5 Å². The molecule has 0 amide bonds. The van der Waals surface area contributed by atoms with Crippen LogP contribution in [0.3, 0.4) is 0 Å². The number of nitrogens with zero attached hydrogens (tertiary/aromatic N) is 4. The Kier molecular flexibility index (Phi) is 8.79. The molecule has 294 valence electrons. The minimum atomic E-state index is -0.0512. The molecule has 4 aromatic heterocycles. The first-order chi connectivity index (χ1) is 28.1. The van der Waals surface area contributed by atoms with E-state index in [0.717, 1.165) is 61.5 Å². The third-order valence-electron chi connectivity index (χ3n) is 11.3. The zero-order chi connectivity index (χ0) is 39.4. The van der Waals surface area contributed by atoms with Crippen LogP contribution in [0.1, 0.15) is 43.0 Å². The first-order valence-corrected chi connectivity index (χ1v) is 20.4. The Morgan fingerprint density at radius 2 is 1.44 bits per heavy atom. The topological polar surface area (TPSA) is 46.7 Å². The molecule has 11 rings (SSSR count). The van der Waals surface area contributed by atoms with Gasteiger partial charge in [-0.3, -0.25) is 0 Å². The fraction of sp³-hybridized carbons (Fsp3) is 0.137. The predicted octanol–water partition coefficient (Wildman–Crippen LogP) is 14.3. The van der Waals surface area contributed by atoms with E-state index in [1.54, 1.807) is 0 Å². The standard InChI is InChI=1S/C51H39N4O2S.Pt/c1-30-24-31(2)47(32(3)25-30)54-29-53(50-49(54)39-14-7-9-16-42(39)57-50)34-12-11-13-35(27-34)56-36-18-19-37-38-20-21-44-46(40-15-8-10-17-43(40)58-44)48(38)55(41(37)28-36)45-26-33(22-23-52-45)51(4,5)6;/h7-26,29H,1-6H3;/q-3;. The molecule has 59 heavy (non-hydrogen) atoms. The molecule has 6 aromatic carbocycles. The van der Waals surface area contributed by atoms with Gasteiger partial charge >= 0.3 is 0 Å². The molecule has 0 atom stereocenters. The average Bonchev–Trinajstić information content (AvgIpc) is 3.96. The summed E-state index contributed by atoms with van der Waals surface area (Å²) in [6.07, 6.45) is 1.92. The summed E-state index contributed by atoms with van der Waals surface area (Å²) >= 11 is 1.82. The second-order valence-corrected chi connectivity index (χ2v) is 17.4. The fourth-order valence-electron chi connectivity index (χ4n) is 8.80. The number of para-hydroxylation sites is 1. The monoisotopic (exact) mass is 966 g/mol. The smallest absolute Gasteiger partial charge is 0.193 e.